The van der Waals surface area contributed by atoms with Gasteiger partial charge >= 0.3 is 0 Å². The smallest absolute Gasteiger partial charge is 0.0789 e. The third-order valence-corrected chi connectivity index (χ3v) is 3.47. The summed E-state index contributed by atoms with van der Waals surface area (Å²) >= 11 is 0. The highest BCUT2D eigenvalue weighted by Crippen LogP contribution is 2.28. The van der Waals surface area contributed by atoms with E-state index in [1.807, 2.05) is 0 Å². The van der Waals surface area contributed by atoms with Gasteiger partial charge in [0, 0.05) is 25.7 Å². The number of rotatable bonds is 3. The van der Waals surface area contributed by atoms with E-state index in [2.05, 4.69) is 25.7 Å². The van der Waals surface area contributed by atoms with Crippen LogP contribution in [0.15, 0.2) is 0 Å². The van der Waals surface area contributed by atoms with E-state index in [9.17, 15) is 5.11 Å². The van der Waals surface area contributed by atoms with Crippen molar-refractivity contribution in [1.82, 2.24) is 4.90 Å². The number of aliphatic hydroxyl groups excluding tert-OH is 1. The molecule has 0 bridgehead atoms. The lowest BCUT2D eigenvalue weighted by Crippen LogP contribution is -2.39. The molecular formula is C10H22N2O. The second-order valence-corrected chi connectivity index (χ2v) is 4.42. The Kier molecular flexibility index (Phi) is 3.71. The predicted octanol–water partition coefficient (Wildman–Crippen LogP) is 0.282. The zero-order chi connectivity index (χ0) is 10.0. The Morgan fingerprint density at radius 3 is 2.46 bits per heavy atom. The summed E-state index contributed by atoms with van der Waals surface area (Å²) in [6, 6.07) is 0.580. The van der Waals surface area contributed by atoms with Gasteiger partial charge in [0.05, 0.1) is 6.10 Å². The molecule has 0 radical (unpaired) electrons. The van der Waals surface area contributed by atoms with Crippen LogP contribution in [-0.2, 0) is 0 Å². The van der Waals surface area contributed by atoms with E-state index in [0.717, 1.165) is 24.9 Å². The molecule has 1 aliphatic rings. The van der Waals surface area contributed by atoms with Gasteiger partial charge in [-0.15, -0.1) is 0 Å². The van der Waals surface area contributed by atoms with Gasteiger partial charge in [-0.05, 0) is 18.8 Å². The molecule has 78 valence electrons. The summed E-state index contributed by atoms with van der Waals surface area (Å²) in [6.07, 6.45) is -0.361. The number of nitrogens with two attached hydrogens (primary N) is 1. The third-order valence-electron chi connectivity index (χ3n) is 3.47. The molecule has 0 spiro atoms. The van der Waals surface area contributed by atoms with E-state index in [1.54, 1.807) is 0 Å². The highest BCUT2D eigenvalue weighted by Gasteiger charge is 2.33. The van der Waals surface area contributed by atoms with Crippen LogP contribution in [0, 0.1) is 11.8 Å². The first-order valence-electron chi connectivity index (χ1n) is 5.18. The molecule has 4 unspecified atom stereocenters. The van der Waals surface area contributed by atoms with E-state index < -0.39 is 0 Å². The topological polar surface area (TPSA) is 49.5 Å². The Labute approximate surface area is 80.9 Å². The van der Waals surface area contributed by atoms with Crippen molar-refractivity contribution in [2.24, 2.45) is 17.6 Å². The highest BCUT2D eigenvalue weighted by atomic mass is 16.3. The minimum Gasteiger partial charge on any atom is -0.390 e. The van der Waals surface area contributed by atoms with E-state index in [4.69, 9.17) is 5.73 Å². The lowest BCUT2D eigenvalue weighted by atomic mass is 9.95. The Hall–Kier alpha value is -0.120. The van der Waals surface area contributed by atoms with Crippen LogP contribution < -0.4 is 5.73 Å². The predicted molar refractivity (Wildman–Crippen MR) is 54.4 cm³/mol. The quantitative estimate of drug-likeness (QED) is 0.666. The molecule has 0 amide bonds. The summed E-state index contributed by atoms with van der Waals surface area (Å²) in [5, 5.41) is 9.44. The van der Waals surface area contributed by atoms with Crippen LogP contribution in [-0.4, -0.2) is 41.8 Å². The molecular weight excluding hydrogens is 164 g/mol. The Morgan fingerprint density at radius 1 is 1.46 bits per heavy atom. The molecule has 0 aromatic heterocycles. The number of hydrogen-bond donors (Lipinski definition) is 2. The van der Waals surface area contributed by atoms with Gasteiger partial charge in [0.15, 0.2) is 0 Å². The van der Waals surface area contributed by atoms with E-state index in [0.29, 0.717) is 12.6 Å². The summed E-state index contributed by atoms with van der Waals surface area (Å²) < 4.78 is 0. The fourth-order valence-corrected chi connectivity index (χ4v) is 2.10. The van der Waals surface area contributed by atoms with Gasteiger partial charge in [-0.1, -0.05) is 13.8 Å². The maximum Gasteiger partial charge on any atom is 0.0789 e. The Balaban J connectivity index is 2.44. The largest absolute Gasteiger partial charge is 0.390 e. The van der Waals surface area contributed by atoms with Gasteiger partial charge in [0.1, 0.15) is 0 Å². The molecule has 0 aromatic rings. The van der Waals surface area contributed by atoms with Crippen molar-refractivity contribution in [1.29, 1.82) is 0 Å². The normalized spacial score (nSPS) is 38.1. The number of aliphatic hydroxyl groups is 1. The maximum absolute atomic E-state index is 9.44. The van der Waals surface area contributed by atoms with Gasteiger partial charge in [-0.3, -0.25) is 4.90 Å². The maximum atomic E-state index is 9.44. The first-order valence-corrected chi connectivity index (χ1v) is 5.18. The monoisotopic (exact) mass is 186 g/mol. The molecule has 3 N–H and O–H groups in total. The van der Waals surface area contributed by atoms with Crippen molar-refractivity contribution in [3.63, 3.8) is 0 Å². The number of nitrogens with zero attached hydrogens (tertiary/aromatic N) is 1. The fourth-order valence-electron chi connectivity index (χ4n) is 2.10. The summed E-state index contributed by atoms with van der Waals surface area (Å²) in [6.45, 7) is 8.98. The molecule has 1 heterocycles. The van der Waals surface area contributed by atoms with E-state index >= 15 is 0 Å². The molecule has 0 saturated carbocycles. The molecule has 1 fully saturated rings. The van der Waals surface area contributed by atoms with Crippen molar-refractivity contribution >= 4 is 0 Å². The molecule has 3 nitrogen and oxygen atoms in total. The Morgan fingerprint density at radius 2 is 2.08 bits per heavy atom. The van der Waals surface area contributed by atoms with Crippen LogP contribution in [0.5, 0.6) is 0 Å². The average molecular weight is 186 g/mol. The van der Waals surface area contributed by atoms with Gasteiger partial charge < -0.3 is 10.8 Å². The lowest BCUT2D eigenvalue weighted by molar-refractivity contribution is 0.110. The van der Waals surface area contributed by atoms with Gasteiger partial charge in [-0.2, -0.15) is 0 Å². The molecule has 13 heavy (non-hydrogen) atoms. The molecule has 1 aliphatic heterocycles. The molecule has 0 aliphatic carbocycles. The van der Waals surface area contributed by atoms with Crippen LogP contribution >= 0.6 is 0 Å². The minimum absolute atomic E-state index is 0.361. The van der Waals surface area contributed by atoms with Crippen molar-refractivity contribution in [2.75, 3.05) is 19.6 Å². The van der Waals surface area contributed by atoms with Crippen LogP contribution in [0.2, 0.25) is 0 Å². The van der Waals surface area contributed by atoms with Crippen molar-refractivity contribution in [2.45, 2.75) is 32.9 Å². The van der Waals surface area contributed by atoms with Crippen molar-refractivity contribution in [3.05, 3.63) is 0 Å². The zero-order valence-corrected chi connectivity index (χ0v) is 8.90. The number of β-amino-alcohol motifs (C(OH)–C–C–N with tert-alkyl or cyclic N) is 1. The summed E-state index contributed by atoms with van der Waals surface area (Å²) in [5.41, 5.74) is 5.39. The fraction of sp³-hybridized carbons (Fsp3) is 1.00. The molecule has 1 rings (SSSR count). The molecule has 0 aromatic carbocycles. The Bertz CT molecular complexity index is 163. The zero-order valence-electron chi connectivity index (χ0n) is 8.90. The molecule has 1 saturated heterocycles. The van der Waals surface area contributed by atoms with Crippen LogP contribution in [0.3, 0.4) is 0 Å². The summed E-state index contributed by atoms with van der Waals surface area (Å²) in [4.78, 5) is 2.34. The second-order valence-electron chi connectivity index (χ2n) is 4.42. The second kappa shape index (κ2) is 4.40. The number of likely N-dealkylation sites (tertiary alicyclic amines) is 1. The first-order chi connectivity index (χ1) is 6.06. The number of hydrogen-bond acceptors (Lipinski definition) is 3. The molecule has 3 heteroatoms. The summed E-state index contributed by atoms with van der Waals surface area (Å²) in [5.74, 6) is 1.46. The highest BCUT2D eigenvalue weighted by molar-refractivity contribution is 4.87. The van der Waals surface area contributed by atoms with Gasteiger partial charge in [0.25, 0.3) is 0 Å². The van der Waals surface area contributed by atoms with E-state index in [1.165, 1.54) is 0 Å². The van der Waals surface area contributed by atoms with Crippen LogP contribution in [0.4, 0.5) is 0 Å². The average Bonchev–Trinajstić information content (AvgIpc) is 2.34. The van der Waals surface area contributed by atoms with E-state index in [-0.39, 0.29) is 6.10 Å². The SMILES string of the molecule is CC1CN(CC(O)CN)C(C)C1C. The van der Waals surface area contributed by atoms with Gasteiger partial charge in [-0.25, -0.2) is 0 Å². The van der Waals surface area contributed by atoms with Gasteiger partial charge in [0.2, 0.25) is 0 Å². The first kappa shape index (κ1) is 11.0. The van der Waals surface area contributed by atoms with Crippen molar-refractivity contribution < 1.29 is 5.11 Å². The van der Waals surface area contributed by atoms with Crippen LogP contribution in [0.1, 0.15) is 20.8 Å². The van der Waals surface area contributed by atoms with Crippen LogP contribution in [0.25, 0.3) is 0 Å². The standard InChI is InChI=1S/C10H22N2O/c1-7-5-12(6-10(13)4-11)9(3)8(7)2/h7-10,13H,4-6,11H2,1-3H3. The summed E-state index contributed by atoms with van der Waals surface area (Å²) in [7, 11) is 0. The minimum atomic E-state index is -0.361. The third kappa shape index (κ3) is 2.42. The van der Waals surface area contributed by atoms with Crippen molar-refractivity contribution in [3.8, 4) is 0 Å². The molecule has 4 atom stereocenters. The lowest BCUT2D eigenvalue weighted by Gasteiger charge is -2.24.